The van der Waals surface area contributed by atoms with Gasteiger partial charge in [0, 0.05) is 11.8 Å². The number of aromatic carboxylic acids is 1. The van der Waals surface area contributed by atoms with Crippen LogP contribution in [-0.2, 0) is 14.8 Å². The van der Waals surface area contributed by atoms with Gasteiger partial charge < -0.3 is 10.4 Å². The van der Waals surface area contributed by atoms with E-state index in [9.17, 15) is 31.2 Å². The Morgan fingerprint density at radius 3 is 2.33 bits per heavy atom. The second kappa shape index (κ2) is 7.56. The van der Waals surface area contributed by atoms with E-state index >= 15 is 0 Å². The number of carboxylic acids is 1. The number of carbonyl (C=O) groups excluding carboxylic acids is 1. The summed E-state index contributed by atoms with van der Waals surface area (Å²) < 4.78 is 67.0. The minimum absolute atomic E-state index is 0.296. The molecule has 2 rings (SSSR count). The van der Waals surface area contributed by atoms with Gasteiger partial charge in [-0.1, -0.05) is 0 Å². The second-order valence-electron chi connectivity index (χ2n) is 5.40. The van der Waals surface area contributed by atoms with Crippen molar-refractivity contribution in [3.05, 3.63) is 46.1 Å². The van der Waals surface area contributed by atoms with Crippen molar-refractivity contribution in [3.63, 3.8) is 0 Å². The fraction of sp³-hybridized carbons (Fsp3) is 0.200. The van der Waals surface area contributed by atoms with Gasteiger partial charge >= 0.3 is 5.97 Å². The Morgan fingerprint density at radius 1 is 1.15 bits per heavy atom. The summed E-state index contributed by atoms with van der Waals surface area (Å²) in [6.45, 7) is 2.90. The van der Waals surface area contributed by atoms with Gasteiger partial charge in [0.2, 0.25) is 5.91 Å². The van der Waals surface area contributed by atoms with Crippen molar-refractivity contribution in [2.45, 2.75) is 24.1 Å². The lowest BCUT2D eigenvalue weighted by Gasteiger charge is -2.11. The van der Waals surface area contributed by atoms with E-state index < -0.39 is 50.7 Å². The van der Waals surface area contributed by atoms with Crippen LogP contribution in [0.25, 0.3) is 0 Å². The third-order valence-corrected chi connectivity index (χ3v) is 6.46. The Balaban J connectivity index is 2.39. The van der Waals surface area contributed by atoms with Crippen LogP contribution in [0.2, 0.25) is 0 Å². The summed E-state index contributed by atoms with van der Waals surface area (Å²) >= 11 is 0.761. The molecule has 3 N–H and O–H groups in total. The summed E-state index contributed by atoms with van der Waals surface area (Å²) in [7, 11) is -4.42. The number of rotatable bonds is 6. The summed E-state index contributed by atoms with van der Waals surface area (Å²) in [5.41, 5.74) is -2.27. The van der Waals surface area contributed by atoms with Crippen molar-refractivity contribution >= 4 is 38.9 Å². The highest BCUT2D eigenvalue weighted by atomic mass is 32.2. The molecule has 0 aliphatic heterocycles. The number of nitrogens with one attached hydrogen (secondary N) is 2. The molecule has 1 aromatic heterocycles. The van der Waals surface area contributed by atoms with Crippen molar-refractivity contribution in [1.29, 1.82) is 0 Å². The Bertz CT molecular complexity index is 1020. The van der Waals surface area contributed by atoms with Gasteiger partial charge in [-0.2, -0.15) is 0 Å². The molecule has 12 heteroatoms. The number of hydrogen-bond acceptors (Lipinski definition) is 5. The molecule has 0 radical (unpaired) electrons. The van der Waals surface area contributed by atoms with Crippen LogP contribution in [0.5, 0.6) is 0 Å². The van der Waals surface area contributed by atoms with E-state index in [1.807, 2.05) is 0 Å². The third kappa shape index (κ3) is 4.39. The van der Waals surface area contributed by atoms with Gasteiger partial charge in [-0.15, -0.1) is 11.3 Å². The standard InChI is InChI=1S/C15H13F3N2O5S2/c1-6(19-7(2)21)10-3-4-11(26-10)27(24,25)20-9-5-8(15(22)23)12(16)14(18)13(9)17/h3-6,20H,1-2H3,(H,19,21)(H,22,23). The third-order valence-electron chi connectivity index (χ3n) is 3.34. The number of thiophene rings is 1. The SMILES string of the molecule is CC(=O)NC(C)c1ccc(S(=O)(=O)Nc2cc(C(=O)O)c(F)c(F)c2F)s1. The van der Waals surface area contributed by atoms with Crippen LogP contribution in [0.15, 0.2) is 22.4 Å². The number of carboxylic acid groups (broad SMARTS) is 1. The molecule has 0 saturated heterocycles. The van der Waals surface area contributed by atoms with E-state index in [1.165, 1.54) is 19.1 Å². The first-order valence-corrected chi connectivity index (χ1v) is 9.54. The van der Waals surface area contributed by atoms with Gasteiger partial charge in [-0.3, -0.25) is 9.52 Å². The molecule has 0 aliphatic carbocycles. The summed E-state index contributed by atoms with van der Waals surface area (Å²) in [4.78, 5) is 22.4. The van der Waals surface area contributed by atoms with Crippen molar-refractivity contribution in [2.75, 3.05) is 4.72 Å². The Morgan fingerprint density at radius 2 is 1.78 bits per heavy atom. The molecule has 0 bridgehead atoms. The molecule has 1 atom stereocenters. The van der Waals surface area contributed by atoms with E-state index in [0.717, 1.165) is 11.3 Å². The number of amides is 1. The molecule has 0 spiro atoms. The number of anilines is 1. The first-order valence-electron chi connectivity index (χ1n) is 7.24. The fourth-order valence-electron chi connectivity index (χ4n) is 2.12. The van der Waals surface area contributed by atoms with E-state index in [1.54, 1.807) is 11.6 Å². The number of hydrogen-bond donors (Lipinski definition) is 3. The lowest BCUT2D eigenvalue weighted by Crippen LogP contribution is -2.22. The van der Waals surface area contributed by atoms with Crippen LogP contribution in [0.1, 0.15) is 35.1 Å². The number of halogens is 3. The maximum Gasteiger partial charge on any atom is 0.338 e. The van der Waals surface area contributed by atoms with Crippen molar-refractivity contribution in [2.24, 2.45) is 0 Å². The molecule has 0 fully saturated rings. The summed E-state index contributed by atoms with van der Waals surface area (Å²) in [6.07, 6.45) is 0. The highest BCUT2D eigenvalue weighted by Crippen LogP contribution is 2.30. The largest absolute Gasteiger partial charge is 0.478 e. The average molecular weight is 422 g/mol. The predicted octanol–water partition coefficient (Wildman–Crippen LogP) is 2.86. The predicted molar refractivity (Wildman–Crippen MR) is 90.6 cm³/mol. The van der Waals surface area contributed by atoms with Gasteiger partial charge in [-0.05, 0) is 25.1 Å². The van der Waals surface area contributed by atoms with Crippen LogP contribution in [0.4, 0.5) is 18.9 Å². The number of benzene rings is 1. The molecule has 1 aromatic carbocycles. The Kier molecular flexibility index (Phi) is 5.80. The first-order chi connectivity index (χ1) is 12.4. The first kappa shape index (κ1) is 20.7. The minimum atomic E-state index is -4.42. The summed E-state index contributed by atoms with van der Waals surface area (Å²) in [6, 6.07) is 2.46. The second-order valence-corrected chi connectivity index (χ2v) is 8.43. The Hall–Kier alpha value is -2.60. The van der Waals surface area contributed by atoms with Crippen molar-refractivity contribution in [1.82, 2.24) is 5.32 Å². The van der Waals surface area contributed by atoms with Crippen molar-refractivity contribution < 1.29 is 36.3 Å². The minimum Gasteiger partial charge on any atom is -0.478 e. The fourth-order valence-corrected chi connectivity index (χ4v) is 4.49. The van der Waals surface area contributed by atoms with Crippen molar-refractivity contribution in [3.8, 4) is 0 Å². The van der Waals surface area contributed by atoms with Crippen LogP contribution in [0, 0.1) is 17.5 Å². The zero-order valence-electron chi connectivity index (χ0n) is 13.8. The van der Waals surface area contributed by atoms with Gasteiger partial charge in [0.1, 0.15) is 9.77 Å². The van der Waals surface area contributed by atoms with E-state index in [0.29, 0.717) is 10.9 Å². The topological polar surface area (TPSA) is 113 Å². The lowest BCUT2D eigenvalue weighted by molar-refractivity contribution is -0.119. The van der Waals surface area contributed by atoms with Gasteiger partial charge in [0.15, 0.2) is 17.5 Å². The maximum atomic E-state index is 13.8. The monoisotopic (exact) mass is 422 g/mol. The van der Waals surface area contributed by atoms with Crippen LogP contribution in [0.3, 0.4) is 0 Å². The Labute approximate surface area is 155 Å². The van der Waals surface area contributed by atoms with Crippen LogP contribution in [-0.4, -0.2) is 25.4 Å². The molecule has 7 nitrogen and oxygen atoms in total. The molecule has 2 aromatic rings. The normalized spacial score (nSPS) is 12.5. The quantitative estimate of drug-likeness (QED) is 0.620. The molecular weight excluding hydrogens is 409 g/mol. The number of carbonyl (C=O) groups is 2. The maximum absolute atomic E-state index is 13.8. The van der Waals surface area contributed by atoms with E-state index in [4.69, 9.17) is 5.11 Å². The molecule has 1 unspecified atom stereocenters. The van der Waals surface area contributed by atoms with Gasteiger partial charge in [-0.25, -0.2) is 26.4 Å². The van der Waals surface area contributed by atoms with Crippen LogP contribution >= 0.6 is 11.3 Å². The molecule has 0 aliphatic rings. The van der Waals surface area contributed by atoms with E-state index in [-0.39, 0.29) is 10.1 Å². The smallest absolute Gasteiger partial charge is 0.338 e. The highest BCUT2D eigenvalue weighted by Gasteiger charge is 2.26. The molecular formula is C15H13F3N2O5S2. The average Bonchev–Trinajstić information content (AvgIpc) is 3.05. The molecule has 146 valence electrons. The number of sulfonamides is 1. The molecule has 0 saturated carbocycles. The van der Waals surface area contributed by atoms with E-state index in [2.05, 4.69) is 5.32 Å². The zero-order chi connectivity index (χ0) is 20.5. The summed E-state index contributed by atoms with van der Waals surface area (Å²) in [5, 5.41) is 11.4. The van der Waals surface area contributed by atoms with Crippen LogP contribution < -0.4 is 10.0 Å². The lowest BCUT2D eigenvalue weighted by atomic mass is 10.1. The molecule has 1 heterocycles. The molecule has 27 heavy (non-hydrogen) atoms. The highest BCUT2D eigenvalue weighted by molar-refractivity contribution is 7.94. The van der Waals surface area contributed by atoms with Gasteiger partial charge in [0.25, 0.3) is 10.0 Å². The zero-order valence-corrected chi connectivity index (χ0v) is 15.5. The van der Waals surface area contributed by atoms with Gasteiger partial charge in [0.05, 0.1) is 11.7 Å². The summed E-state index contributed by atoms with van der Waals surface area (Å²) in [5.74, 6) is -8.15. The molecule has 1 amide bonds.